The Hall–Kier alpha value is -2.50. The van der Waals surface area contributed by atoms with Crippen LogP contribution in [0, 0.1) is 5.41 Å². The van der Waals surface area contributed by atoms with E-state index >= 15 is 0 Å². The number of aromatic nitrogens is 2. The third-order valence-corrected chi connectivity index (χ3v) is 3.68. The first kappa shape index (κ1) is 14.9. The number of benzene rings is 1. The van der Waals surface area contributed by atoms with Crippen molar-refractivity contribution in [3.8, 4) is 0 Å². The molecule has 0 aliphatic carbocycles. The SMILES string of the molecule is CCC(C)(CNC(=O)c1cccc2nccnc12)C(=O)O. The van der Waals surface area contributed by atoms with E-state index in [0.717, 1.165) is 0 Å². The second kappa shape index (κ2) is 5.87. The van der Waals surface area contributed by atoms with Gasteiger partial charge in [0.2, 0.25) is 0 Å². The topological polar surface area (TPSA) is 92.2 Å². The smallest absolute Gasteiger partial charge is 0.311 e. The summed E-state index contributed by atoms with van der Waals surface area (Å²) < 4.78 is 0. The van der Waals surface area contributed by atoms with E-state index in [1.807, 2.05) is 0 Å². The summed E-state index contributed by atoms with van der Waals surface area (Å²) in [6.45, 7) is 3.45. The minimum absolute atomic E-state index is 0.0638. The minimum atomic E-state index is -0.980. The van der Waals surface area contributed by atoms with E-state index < -0.39 is 11.4 Å². The molecular formula is C15H17N3O3. The third kappa shape index (κ3) is 2.99. The molecule has 1 amide bonds. The standard InChI is InChI=1S/C15H17N3O3/c1-3-15(2,14(20)21)9-18-13(19)10-5-4-6-11-12(10)17-8-7-16-11/h4-8H,3,9H2,1-2H3,(H,18,19)(H,20,21). The monoisotopic (exact) mass is 287 g/mol. The normalized spacial score (nSPS) is 13.6. The van der Waals surface area contributed by atoms with Crippen LogP contribution in [0.3, 0.4) is 0 Å². The molecular weight excluding hydrogens is 270 g/mol. The van der Waals surface area contributed by atoms with Crippen molar-refractivity contribution in [1.82, 2.24) is 15.3 Å². The molecule has 0 radical (unpaired) electrons. The molecule has 110 valence electrons. The summed E-state index contributed by atoms with van der Waals surface area (Å²) in [5.41, 5.74) is 0.545. The number of carbonyl (C=O) groups is 2. The molecule has 2 N–H and O–H groups in total. The van der Waals surface area contributed by atoms with E-state index in [-0.39, 0.29) is 12.5 Å². The van der Waals surface area contributed by atoms with Crippen molar-refractivity contribution in [3.05, 3.63) is 36.2 Å². The number of aliphatic carboxylic acids is 1. The van der Waals surface area contributed by atoms with Gasteiger partial charge in [0, 0.05) is 18.9 Å². The number of para-hydroxylation sites is 1. The summed E-state index contributed by atoms with van der Waals surface area (Å²) in [4.78, 5) is 31.8. The van der Waals surface area contributed by atoms with Gasteiger partial charge in [-0.25, -0.2) is 0 Å². The maximum atomic E-state index is 12.3. The number of carboxylic acid groups (broad SMARTS) is 1. The molecule has 0 saturated heterocycles. The molecule has 0 aliphatic rings. The Bertz CT molecular complexity index is 681. The molecule has 6 heteroatoms. The van der Waals surface area contributed by atoms with Crippen LogP contribution in [0.4, 0.5) is 0 Å². The van der Waals surface area contributed by atoms with Crippen LogP contribution >= 0.6 is 0 Å². The number of carboxylic acids is 1. The summed E-state index contributed by atoms with van der Waals surface area (Å²) >= 11 is 0. The molecule has 0 aliphatic heterocycles. The highest BCUT2D eigenvalue weighted by Crippen LogP contribution is 2.20. The van der Waals surface area contributed by atoms with Gasteiger partial charge in [-0.2, -0.15) is 0 Å². The van der Waals surface area contributed by atoms with Crippen LogP contribution in [-0.2, 0) is 4.79 Å². The van der Waals surface area contributed by atoms with Crippen LogP contribution in [-0.4, -0.2) is 33.5 Å². The van der Waals surface area contributed by atoms with Crippen molar-refractivity contribution in [2.75, 3.05) is 6.54 Å². The Balaban J connectivity index is 2.22. The van der Waals surface area contributed by atoms with Gasteiger partial charge in [0.25, 0.3) is 5.91 Å². The number of rotatable bonds is 5. The molecule has 0 bridgehead atoms. The van der Waals surface area contributed by atoms with Gasteiger partial charge in [-0.3, -0.25) is 19.6 Å². The van der Waals surface area contributed by atoms with Gasteiger partial charge in [-0.05, 0) is 25.5 Å². The highest BCUT2D eigenvalue weighted by molar-refractivity contribution is 6.04. The number of nitrogens with zero attached hydrogens (tertiary/aromatic N) is 2. The quantitative estimate of drug-likeness (QED) is 0.875. The van der Waals surface area contributed by atoms with Crippen LogP contribution in [0.5, 0.6) is 0 Å². The fourth-order valence-corrected chi connectivity index (χ4v) is 1.90. The molecule has 2 rings (SSSR count). The lowest BCUT2D eigenvalue weighted by atomic mass is 9.87. The number of hydrogen-bond donors (Lipinski definition) is 2. The van der Waals surface area contributed by atoms with Crippen molar-refractivity contribution >= 4 is 22.9 Å². The lowest BCUT2D eigenvalue weighted by Crippen LogP contribution is -2.40. The van der Waals surface area contributed by atoms with E-state index in [4.69, 9.17) is 0 Å². The molecule has 1 unspecified atom stereocenters. The first-order chi connectivity index (χ1) is 9.98. The summed E-state index contributed by atoms with van der Waals surface area (Å²) in [7, 11) is 0. The van der Waals surface area contributed by atoms with Crippen molar-refractivity contribution in [3.63, 3.8) is 0 Å². The largest absolute Gasteiger partial charge is 0.481 e. The van der Waals surface area contributed by atoms with Crippen LogP contribution in [0.25, 0.3) is 11.0 Å². The number of amides is 1. The number of carbonyl (C=O) groups excluding carboxylic acids is 1. The van der Waals surface area contributed by atoms with Gasteiger partial charge in [-0.15, -0.1) is 0 Å². The average molecular weight is 287 g/mol. The Labute approximate surface area is 122 Å². The first-order valence-electron chi connectivity index (χ1n) is 6.69. The number of nitrogens with one attached hydrogen (secondary N) is 1. The lowest BCUT2D eigenvalue weighted by molar-refractivity contribution is -0.147. The molecule has 1 aromatic carbocycles. The molecule has 6 nitrogen and oxygen atoms in total. The molecule has 1 heterocycles. The highest BCUT2D eigenvalue weighted by atomic mass is 16.4. The Morgan fingerprint density at radius 3 is 2.67 bits per heavy atom. The van der Waals surface area contributed by atoms with E-state index in [0.29, 0.717) is 23.0 Å². The van der Waals surface area contributed by atoms with Crippen LogP contribution in [0.2, 0.25) is 0 Å². The van der Waals surface area contributed by atoms with Crippen LogP contribution in [0.15, 0.2) is 30.6 Å². The van der Waals surface area contributed by atoms with Crippen molar-refractivity contribution in [2.45, 2.75) is 20.3 Å². The second-order valence-corrected chi connectivity index (χ2v) is 5.13. The van der Waals surface area contributed by atoms with Crippen molar-refractivity contribution < 1.29 is 14.7 Å². The molecule has 2 aromatic rings. The molecule has 1 atom stereocenters. The fraction of sp³-hybridized carbons (Fsp3) is 0.333. The van der Waals surface area contributed by atoms with Crippen LogP contribution < -0.4 is 5.32 Å². The van der Waals surface area contributed by atoms with Crippen LogP contribution in [0.1, 0.15) is 30.6 Å². The summed E-state index contributed by atoms with van der Waals surface area (Å²) in [5.74, 6) is -1.27. The van der Waals surface area contributed by atoms with Crippen molar-refractivity contribution in [2.24, 2.45) is 5.41 Å². The summed E-state index contributed by atoms with van der Waals surface area (Å²) in [6.07, 6.45) is 3.51. The second-order valence-electron chi connectivity index (χ2n) is 5.13. The zero-order valence-corrected chi connectivity index (χ0v) is 12.0. The molecule has 1 aromatic heterocycles. The first-order valence-corrected chi connectivity index (χ1v) is 6.69. The molecule has 0 fully saturated rings. The van der Waals surface area contributed by atoms with Gasteiger partial charge in [0.15, 0.2) is 0 Å². The zero-order chi connectivity index (χ0) is 15.5. The summed E-state index contributed by atoms with van der Waals surface area (Å²) in [5, 5.41) is 11.9. The van der Waals surface area contributed by atoms with Gasteiger partial charge < -0.3 is 10.4 Å². The Morgan fingerprint density at radius 1 is 1.29 bits per heavy atom. The van der Waals surface area contributed by atoms with Gasteiger partial charge in [0.05, 0.1) is 16.5 Å². The minimum Gasteiger partial charge on any atom is -0.481 e. The lowest BCUT2D eigenvalue weighted by Gasteiger charge is -2.23. The molecule has 0 spiro atoms. The maximum Gasteiger partial charge on any atom is 0.311 e. The van der Waals surface area contributed by atoms with Gasteiger partial charge >= 0.3 is 5.97 Å². The number of fused-ring (bicyclic) bond motifs is 1. The van der Waals surface area contributed by atoms with Crippen molar-refractivity contribution in [1.29, 1.82) is 0 Å². The Morgan fingerprint density at radius 2 is 2.00 bits per heavy atom. The zero-order valence-electron chi connectivity index (χ0n) is 12.0. The van der Waals surface area contributed by atoms with E-state index in [9.17, 15) is 14.7 Å². The fourth-order valence-electron chi connectivity index (χ4n) is 1.90. The predicted octanol–water partition coefficient (Wildman–Crippen LogP) is 1.86. The van der Waals surface area contributed by atoms with Gasteiger partial charge in [0.1, 0.15) is 5.52 Å². The highest BCUT2D eigenvalue weighted by Gasteiger charge is 2.31. The molecule has 0 saturated carbocycles. The van der Waals surface area contributed by atoms with E-state index in [1.54, 1.807) is 38.2 Å². The van der Waals surface area contributed by atoms with Gasteiger partial charge in [-0.1, -0.05) is 13.0 Å². The molecule has 21 heavy (non-hydrogen) atoms. The Kier molecular flexibility index (Phi) is 4.16. The summed E-state index contributed by atoms with van der Waals surface area (Å²) in [6, 6.07) is 5.14. The average Bonchev–Trinajstić information content (AvgIpc) is 2.51. The number of hydrogen-bond acceptors (Lipinski definition) is 4. The third-order valence-electron chi connectivity index (χ3n) is 3.68. The maximum absolute atomic E-state index is 12.3. The van der Waals surface area contributed by atoms with E-state index in [1.165, 1.54) is 6.20 Å². The predicted molar refractivity (Wildman–Crippen MR) is 77.9 cm³/mol. The van der Waals surface area contributed by atoms with E-state index in [2.05, 4.69) is 15.3 Å².